The predicted octanol–water partition coefficient (Wildman–Crippen LogP) is 0.645. The number of amides is 3. The minimum Gasteiger partial charge on any atom is -0.478 e. The molecule has 0 spiro atoms. The van der Waals surface area contributed by atoms with Crippen molar-refractivity contribution < 1.29 is 19.5 Å². The molecule has 96 valence electrons. The van der Waals surface area contributed by atoms with Crippen molar-refractivity contribution >= 4 is 35.2 Å². The van der Waals surface area contributed by atoms with E-state index in [1.54, 1.807) is 0 Å². The van der Waals surface area contributed by atoms with Gasteiger partial charge in [0.1, 0.15) is 5.56 Å². The fraction of sp³-hybridized carbons (Fsp3) is 0.100. The van der Waals surface area contributed by atoms with Crippen LogP contribution in [0.3, 0.4) is 0 Å². The molecule has 0 fully saturated rings. The lowest BCUT2D eigenvalue weighted by Crippen LogP contribution is -2.36. The second-order valence-electron chi connectivity index (χ2n) is 3.24. The first-order valence-corrected chi connectivity index (χ1v) is 5.14. The van der Waals surface area contributed by atoms with Crippen molar-refractivity contribution in [1.82, 2.24) is 5.32 Å². The molecular formula is C10H10ClN3O4. The number of carbonyl (C=O) groups excluding carboxylic acids is 2. The van der Waals surface area contributed by atoms with Crippen molar-refractivity contribution in [2.24, 2.45) is 5.73 Å². The summed E-state index contributed by atoms with van der Waals surface area (Å²) in [6, 6.07) is 3.49. The smallest absolute Gasteiger partial charge is 0.339 e. The van der Waals surface area contributed by atoms with Crippen LogP contribution in [0.2, 0.25) is 5.02 Å². The quantitative estimate of drug-likeness (QED) is 0.642. The van der Waals surface area contributed by atoms with Crippen LogP contribution in [0.1, 0.15) is 10.4 Å². The largest absolute Gasteiger partial charge is 0.478 e. The van der Waals surface area contributed by atoms with Crippen LogP contribution in [0.15, 0.2) is 18.2 Å². The van der Waals surface area contributed by atoms with Gasteiger partial charge in [-0.2, -0.15) is 0 Å². The molecule has 0 aliphatic rings. The molecule has 0 aliphatic carbocycles. The number of carboxylic acid groups (broad SMARTS) is 1. The number of nitrogens with two attached hydrogens (primary N) is 1. The Morgan fingerprint density at radius 2 is 2.00 bits per heavy atom. The third-order valence-corrected chi connectivity index (χ3v) is 2.21. The molecule has 1 aromatic carbocycles. The van der Waals surface area contributed by atoms with Crippen LogP contribution >= 0.6 is 11.6 Å². The van der Waals surface area contributed by atoms with Crippen LogP contribution < -0.4 is 16.4 Å². The van der Waals surface area contributed by atoms with E-state index in [-0.39, 0.29) is 22.8 Å². The molecule has 0 unspecified atom stereocenters. The topological polar surface area (TPSA) is 122 Å². The van der Waals surface area contributed by atoms with Crippen molar-refractivity contribution in [2.45, 2.75) is 0 Å². The van der Waals surface area contributed by atoms with Crippen molar-refractivity contribution in [3.8, 4) is 0 Å². The lowest BCUT2D eigenvalue weighted by molar-refractivity contribution is -0.117. The van der Waals surface area contributed by atoms with Gasteiger partial charge in [-0.3, -0.25) is 4.79 Å². The van der Waals surface area contributed by atoms with Gasteiger partial charge in [0.05, 0.1) is 17.3 Å². The Bertz CT molecular complexity index is 504. The number of anilines is 1. The Morgan fingerprint density at radius 3 is 2.56 bits per heavy atom. The maximum atomic E-state index is 11.3. The van der Waals surface area contributed by atoms with Gasteiger partial charge in [-0.15, -0.1) is 0 Å². The predicted molar refractivity (Wildman–Crippen MR) is 64.6 cm³/mol. The second-order valence-corrected chi connectivity index (χ2v) is 3.65. The van der Waals surface area contributed by atoms with Gasteiger partial charge < -0.3 is 21.5 Å². The van der Waals surface area contributed by atoms with E-state index in [1.807, 2.05) is 0 Å². The minimum absolute atomic E-state index is 0.00444. The molecule has 0 atom stereocenters. The van der Waals surface area contributed by atoms with E-state index in [0.29, 0.717) is 0 Å². The molecule has 0 radical (unpaired) electrons. The first-order valence-electron chi connectivity index (χ1n) is 4.76. The van der Waals surface area contributed by atoms with E-state index in [4.69, 9.17) is 22.4 Å². The number of hydrogen-bond donors (Lipinski definition) is 4. The van der Waals surface area contributed by atoms with E-state index in [0.717, 1.165) is 0 Å². The van der Waals surface area contributed by atoms with Crippen LogP contribution in [0, 0.1) is 0 Å². The first kappa shape index (κ1) is 13.8. The van der Waals surface area contributed by atoms with Gasteiger partial charge in [-0.25, -0.2) is 9.59 Å². The molecule has 3 amide bonds. The van der Waals surface area contributed by atoms with E-state index in [9.17, 15) is 14.4 Å². The summed E-state index contributed by atoms with van der Waals surface area (Å²) in [5.74, 6) is -1.99. The first-order chi connectivity index (χ1) is 8.41. The van der Waals surface area contributed by atoms with Gasteiger partial charge >= 0.3 is 12.0 Å². The summed E-state index contributed by atoms with van der Waals surface area (Å²) in [5, 5.41) is 13.4. The summed E-state index contributed by atoms with van der Waals surface area (Å²) in [7, 11) is 0. The summed E-state index contributed by atoms with van der Waals surface area (Å²) in [4.78, 5) is 32.7. The fourth-order valence-electron chi connectivity index (χ4n) is 1.18. The number of nitrogens with one attached hydrogen (secondary N) is 2. The molecule has 0 bridgehead atoms. The van der Waals surface area contributed by atoms with Crippen molar-refractivity contribution in [3.05, 3.63) is 28.8 Å². The Morgan fingerprint density at radius 1 is 1.33 bits per heavy atom. The lowest BCUT2D eigenvalue weighted by atomic mass is 10.2. The SMILES string of the molecule is NC(=O)CNC(=O)Nc1cccc(Cl)c1C(=O)O. The van der Waals surface area contributed by atoms with Crippen LogP contribution in [0.4, 0.5) is 10.5 Å². The second kappa shape index (κ2) is 5.87. The summed E-state index contributed by atoms with van der Waals surface area (Å²) in [6.45, 7) is -0.352. The Hall–Kier alpha value is -2.28. The summed E-state index contributed by atoms with van der Waals surface area (Å²) in [6.07, 6.45) is 0. The van der Waals surface area contributed by atoms with Crippen molar-refractivity contribution in [1.29, 1.82) is 0 Å². The molecule has 0 heterocycles. The Kier molecular flexibility index (Phi) is 4.50. The molecule has 1 aromatic rings. The highest BCUT2D eigenvalue weighted by Crippen LogP contribution is 2.24. The number of aromatic carboxylic acids is 1. The van der Waals surface area contributed by atoms with E-state index < -0.39 is 17.9 Å². The summed E-state index contributed by atoms with van der Waals surface area (Å²) in [5.41, 5.74) is 4.64. The molecule has 18 heavy (non-hydrogen) atoms. The average Bonchev–Trinajstić information content (AvgIpc) is 2.26. The maximum absolute atomic E-state index is 11.3. The number of carboxylic acids is 1. The molecular weight excluding hydrogens is 262 g/mol. The molecule has 0 saturated carbocycles. The van der Waals surface area contributed by atoms with Gasteiger partial charge in [0, 0.05) is 0 Å². The third-order valence-electron chi connectivity index (χ3n) is 1.90. The minimum atomic E-state index is -1.27. The Labute approximate surface area is 107 Å². The van der Waals surface area contributed by atoms with E-state index in [2.05, 4.69) is 10.6 Å². The monoisotopic (exact) mass is 271 g/mol. The van der Waals surface area contributed by atoms with Crippen LogP contribution in [0.25, 0.3) is 0 Å². The maximum Gasteiger partial charge on any atom is 0.339 e. The number of urea groups is 1. The van der Waals surface area contributed by atoms with Crippen molar-refractivity contribution in [3.63, 3.8) is 0 Å². The molecule has 0 saturated heterocycles. The van der Waals surface area contributed by atoms with Gasteiger partial charge in [-0.05, 0) is 12.1 Å². The zero-order chi connectivity index (χ0) is 13.7. The van der Waals surface area contributed by atoms with Gasteiger partial charge in [-0.1, -0.05) is 17.7 Å². The number of carbonyl (C=O) groups is 3. The zero-order valence-electron chi connectivity index (χ0n) is 9.07. The highest BCUT2D eigenvalue weighted by Gasteiger charge is 2.15. The van der Waals surface area contributed by atoms with Crippen molar-refractivity contribution in [2.75, 3.05) is 11.9 Å². The number of hydrogen-bond acceptors (Lipinski definition) is 3. The molecule has 1 rings (SSSR count). The standard InChI is InChI=1S/C10H10ClN3O4/c11-5-2-1-3-6(8(5)9(16)17)14-10(18)13-4-7(12)15/h1-3H,4H2,(H2,12,15)(H,16,17)(H2,13,14,18). The summed E-state index contributed by atoms with van der Waals surface area (Å²) < 4.78 is 0. The molecule has 7 nitrogen and oxygen atoms in total. The van der Waals surface area contributed by atoms with Gasteiger partial charge in [0.15, 0.2) is 0 Å². The van der Waals surface area contributed by atoms with E-state index in [1.165, 1.54) is 18.2 Å². The van der Waals surface area contributed by atoms with E-state index >= 15 is 0 Å². The highest BCUT2D eigenvalue weighted by molar-refractivity contribution is 6.34. The number of primary amides is 1. The van der Waals surface area contributed by atoms with Crippen LogP contribution in [-0.2, 0) is 4.79 Å². The fourth-order valence-corrected chi connectivity index (χ4v) is 1.43. The van der Waals surface area contributed by atoms with Crippen LogP contribution in [0.5, 0.6) is 0 Å². The van der Waals surface area contributed by atoms with Gasteiger partial charge in [0.2, 0.25) is 5.91 Å². The third kappa shape index (κ3) is 3.63. The molecule has 0 aromatic heterocycles. The number of rotatable bonds is 4. The highest BCUT2D eigenvalue weighted by atomic mass is 35.5. The average molecular weight is 272 g/mol. The number of benzene rings is 1. The normalized spacial score (nSPS) is 9.61. The van der Waals surface area contributed by atoms with Gasteiger partial charge in [0.25, 0.3) is 0 Å². The van der Waals surface area contributed by atoms with Crippen LogP contribution in [-0.4, -0.2) is 29.6 Å². The molecule has 8 heteroatoms. The Balaban J connectivity index is 2.84. The number of halogens is 1. The zero-order valence-corrected chi connectivity index (χ0v) is 9.82. The molecule has 5 N–H and O–H groups in total. The summed E-state index contributed by atoms with van der Waals surface area (Å²) >= 11 is 5.71. The lowest BCUT2D eigenvalue weighted by Gasteiger charge is -2.09. The molecule has 0 aliphatic heterocycles.